The molecule has 2 aliphatic heterocycles. The van der Waals surface area contributed by atoms with Gasteiger partial charge in [0.05, 0.1) is 29.9 Å². The number of amides is 1. The van der Waals surface area contributed by atoms with Crippen LogP contribution in [0.25, 0.3) is 0 Å². The van der Waals surface area contributed by atoms with Crippen LogP contribution in [0.3, 0.4) is 0 Å². The Morgan fingerprint density at radius 2 is 2.35 bits per heavy atom. The Labute approximate surface area is 134 Å². The molecular formula is C15H22N4O4. The normalized spacial score (nSPS) is 27.7. The van der Waals surface area contributed by atoms with E-state index >= 15 is 0 Å². The Hall–Kier alpha value is -1.93. The van der Waals surface area contributed by atoms with Crippen LogP contribution in [0, 0.1) is 18.3 Å². The zero-order chi connectivity index (χ0) is 16.6. The van der Waals surface area contributed by atoms with Gasteiger partial charge >= 0.3 is 5.97 Å². The second kappa shape index (κ2) is 5.93. The summed E-state index contributed by atoms with van der Waals surface area (Å²) in [6.45, 7) is 3.90. The van der Waals surface area contributed by atoms with Crippen molar-refractivity contribution in [3.8, 4) is 0 Å². The number of ether oxygens (including phenoxy) is 1. The molecule has 2 fully saturated rings. The van der Waals surface area contributed by atoms with Gasteiger partial charge in [0.25, 0.3) is 0 Å². The molecule has 0 unspecified atom stereocenters. The molecule has 2 aliphatic rings. The Bertz CT molecular complexity index is 629. The van der Waals surface area contributed by atoms with E-state index < -0.39 is 11.4 Å². The fraction of sp³-hybridized carbons (Fsp3) is 0.667. The van der Waals surface area contributed by atoms with Gasteiger partial charge in [-0.1, -0.05) is 0 Å². The van der Waals surface area contributed by atoms with Crippen LogP contribution in [0.15, 0.2) is 6.20 Å². The highest BCUT2D eigenvalue weighted by molar-refractivity contribution is 5.92. The number of carboxylic acids is 1. The molecule has 3 rings (SSSR count). The second-order valence-electron chi connectivity index (χ2n) is 6.50. The van der Waals surface area contributed by atoms with Gasteiger partial charge in [-0.15, -0.1) is 0 Å². The van der Waals surface area contributed by atoms with Crippen molar-refractivity contribution in [2.75, 3.05) is 38.2 Å². The summed E-state index contributed by atoms with van der Waals surface area (Å²) >= 11 is 0. The summed E-state index contributed by atoms with van der Waals surface area (Å²) in [7, 11) is 1.80. The van der Waals surface area contributed by atoms with E-state index in [1.165, 1.54) is 0 Å². The van der Waals surface area contributed by atoms with Crippen molar-refractivity contribution in [3.05, 3.63) is 11.9 Å². The summed E-state index contributed by atoms with van der Waals surface area (Å²) in [6, 6.07) is 0. The van der Waals surface area contributed by atoms with Crippen LogP contribution in [0.1, 0.15) is 12.1 Å². The number of aryl methyl sites for hydroxylation is 2. The molecule has 2 atom stereocenters. The maximum absolute atomic E-state index is 12.2. The fourth-order valence-electron chi connectivity index (χ4n) is 3.64. The highest BCUT2D eigenvalue weighted by Crippen LogP contribution is 2.42. The fourth-order valence-corrected chi connectivity index (χ4v) is 3.64. The van der Waals surface area contributed by atoms with Gasteiger partial charge in [-0.2, -0.15) is 5.10 Å². The van der Waals surface area contributed by atoms with Crippen LogP contribution in [-0.4, -0.2) is 64.5 Å². The minimum atomic E-state index is -0.781. The summed E-state index contributed by atoms with van der Waals surface area (Å²) in [5.74, 6) is -0.986. The summed E-state index contributed by atoms with van der Waals surface area (Å²) in [4.78, 5) is 25.9. The molecule has 23 heavy (non-hydrogen) atoms. The molecule has 8 nitrogen and oxygen atoms in total. The first-order valence-electron chi connectivity index (χ1n) is 7.74. The van der Waals surface area contributed by atoms with Crippen LogP contribution >= 0.6 is 0 Å². The number of carbonyl (C=O) groups is 2. The first-order chi connectivity index (χ1) is 10.9. The highest BCUT2D eigenvalue weighted by atomic mass is 16.5. The van der Waals surface area contributed by atoms with Gasteiger partial charge in [0.2, 0.25) is 5.91 Å². The van der Waals surface area contributed by atoms with Gasteiger partial charge in [-0.25, -0.2) is 0 Å². The summed E-state index contributed by atoms with van der Waals surface area (Å²) in [5.41, 5.74) is 0.666. The quantitative estimate of drug-likeness (QED) is 0.815. The highest BCUT2D eigenvalue weighted by Gasteiger charge is 2.53. The van der Waals surface area contributed by atoms with Crippen molar-refractivity contribution in [2.45, 2.75) is 13.3 Å². The van der Waals surface area contributed by atoms with Crippen LogP contribution < -0.4 is 5.32 Å². The molecule has 2 N–H and O–H groups in total. The molecule has 1 aromatic rings. The Kier molecular flexibility index (Phi) is 4.11. The molecule has 0 saturated carbocycles. The predicted octanol–water partition coefficient (Wildman–Crippen LogP) is 0.0901. The van der Waals surface area contributed by atoms with E-state index in [-0.39, 0.29) is 18.4 Å². The van der Waals surface area contributed by atoms with Gasteiger partial charge in [-0.3, -0.25) is 19.2 Å². The molecule has 0 radical (unpaired) electrons. The van der Waals surface area contributed by atoms with E-state index in [1.54, 1.807) is 17.9 Å². The zero-order valence-corrected chi connectivity index (χ0v) is 13.4. The minimum Gasteiger partial charge on any atom is -0.481 e. The number of hydrogen-bond donors (Lipinski definition) is 2. The number of likely N-dealkylation sites (tertiary alicyclic amines) is 1. The summed E-state index contributed by atoms with van der Waals surface area (Å²) < 4.78 is 7.07. The zero-order valence-electron chi connectivity index (χ0n) is 13.4. The first-order valence-corrected chi connectivity index (χ1v) is 7.74. The molecule has 8 heteroatoms. The van der Waals surface area contributed by atoms with Crippen LogP contribution in [0.5, 0.6) is 0 Å². The number of nitrogens with one attached hydrogen (secondary N) is 1. The molecule has 0 aromatic carbocycles. The van der Waals surface area contributed by atoms with E-state index in [1.807, 2.05) is 11.8 Å². The predicted molar refractivity (Wildman–Crippen MR) is 82.0 cm³/mol. The van der Waals surface area contributed by atoms with Crippen LogP contribution in [-0.2, 0) is 21.4 Å². The molecule has 126 valence electrons. The standard InChI is InChI=1S/C15H22N4O4/c1-10-12(6-18(2)17-10)16-13(20)7-19-5-11-8-23-4-3-15(11,9-19)14(21)22/h6,11H,3-5,7-9H2,1-2H3,(H,16,20)(H,21,22)/t11-,15+/m1/s1. The van der Waals surface area contributed by atoms with Crippen molar-refractivity contribution in [1.82, 2.24) is 14.7 Å². The third-order valence-corrected chi connectivity index (χ3v) is 4.86. The Balaban J connectivity index is 1.64. The lowest BCUT2D eigenvalue weighted by Gasteiger charge is -2.34. The van der Waals surface area contributed by atoms with E-state index in [9.17, 15) is 14.7 Å². The average Bonchev–Trinajstić information content (AvgIpc) is 2.99. The Morgan fingerprint density at radius 1 is 1.57 bits per heavy atom. The molecule has 0 bridgehead atoms. The molecule has 3 heterocycles. The number of hydrogen-bond acceptors (Lipinski definition) is 5. The number of rotatable bonds is 4. The van der Waals surface area contributed by atoms with Gasteiger partial charge in [0.15, 0.2) is 0 Å². The maximum atomic E-state index is 12.2. The van der Waals surface area contributed by atoms with E-state index in [0.29, 0.717) is 38.4 Å². The first kappa shape index (κ1) is 15.9. The number of nitrogens with zero attached hydrogens (tertiary/aromatic N) is 3. The number of anilines is 1. The van der Waals surface area contributed by atoms with Crippen molar-refractivity contribution < 1.29 is 19.4 Å². The Morgan fingerprint density at radius 3 is 2.96 bits per heavy atom. The number of aromatic nitrogens is 2. The average molecular weight is 322 g/mol. The van der Waals surface area contributed by atoms with E-state index in [0.717, 1.165) is 5.69 Å². The molecule has 0 aliphatic carbocycles. The monoisotopic (exact) mass is 322 g/mol. The van der Waals surface area contributed by atoms with Crippen molar-refractivity contribution in [1.29, 1.82) is 0 Å². The number of fused-ring (bicyclic) bond motifs is 1. The smallest absolute Gasteiger partial charge is 0.311 e. The lowest BCUT2D eigenvalue weighted by Crippen LogP contribution is -2.45. The molecule has 2 saturated heterocycles. The number of carbonyl (C=O) groups excluding carboxylic acids is 1. The van der Waals surface area contributed by atoms with Crippen molar-refractivity contribution in [2.24, 2.45) is 18.4 Å². The topological polar surface area (TPSA) is 96.7 Å². The minimum absolute atomic E-state index is 0.0540. The lowest BCUT2D eigenvalue weighted by atomic mass is 9.74. The third kappa shape index (κ3) is 2.96. The molecular weight excluding hydrogens is 300 g/mol. The van der Waals surface area contributed by atoms with Crippen LogP contribution in [0.2, 0.25) is 0 Å². The van der Waals surface area contributed by atoms with Crippen LogP contribution in [0.4, 0.5) is 5.69 Å². The molecule has 0 spiro atoms. The van der Waals surface area contributed by atoms with Gasteiger partial charge in [-0.05, 0) is 13.3 Å². The SMILES string of the molecule is Cc1nn(C)cc1NC(=O)CN1C[C@@H]2COCC[C@]2(C(=O)O)C1. The van der Waals surface area contributed by atoms with E-state index in [2.05, 4.69) is 10.4 Å². The lowest BCUT2D eigenvalue weighted by molar-refractivity contribution is -0.157. The molecule has 1 aromatic heterocycles. The van der Waals surface area contributed by atoms with Crippen molar-refractivity contribution >= 4 is 17.6 Å². The van der Waals surface area contributed by atoms with Crippen molar-refractivity contribution in [3.63, 3.8) is 0 Å². The van der Waals surface area contributed by atoms with E-state index in [4.69, 9.17) is 4.74 Å². The van der Waals surface area contributed by atoms with Gasteiger partial charge < -0.3 is 15.2 Å². The summed E-state index contributed by atoms with van der Waals surface area (Å²) in [6.07, 6.45) is 2.26. The molecule has 1 amide bonds. The van der Waals surface area contributed by atoms with Gasteiger partial charge in [0.1, 0.15) is 0 Å². The largest absolute Gasteiger partial charge is 0.481 e. The number of aliphatic carboxylic acids is 1. The second-order valence-corrected chi connectivity index (χ2v) is 6.50. The maximum Gasteiger partial charge on any atom is 0.311 e. The summed E-state index contributed by atoms with van der Waals surface area (Å²) in [5, 5.41) is 16.7. The van der Waals surface area contributed by atoms with Gasteiger partial charge in [0, 0.05) is 38.9 Å². The number of carboxylic acid groups (broad SMARTS) is 1. The third-order valence-electron chi connectivity index (χ3n) is 4.86.